The Morgan fingerprint density at radius 2 is 2.15 bits per heavy atom. The van der Waals surface area contributed by atoms with Gasteiger partial charge in [-0.25, -0.2) is 0 Å². The molecule has 0 unspecified atom stereocenters. The first kappa shape index (κ1) is 8.91. The van der Waals surface area contributed by atoms with E-state index >= 15 is 0 Å². The fourth-order valence-corrected chi connectivity index (χ4v) is 2.74. The van der Waals surface area contributed by atoms with Crippen molar-refractivity contribution in [2.24, 2.45) is 0 Å². The largest absolute Gasteiger partial charge is 0.336 e. The van der Waals surface area contributed by atoms with Crippen molar-refractivity contribution in [3.05, 3.63) is 28.4 Å². The molecular formula is C10H11NS2. The van der Waals surface area contributed by atoms with E-state index in [-0.39, 0.29) is 0 Å². The highest BCUT2D eigenvalue weighted by atomic mass is 32.1. The maximum absolute atomic E-state index is 5.40. The van der Waals surface area contributed by atoms with E-state index in [4.69, 9.17) is 12.2 Å². The van der Waals surface area contributed by atoms with Crippen LogP contribution in [0.4, 0.5) is 0 Å². The van der Waals surface area contributed by atoms with Crippen LogP contribution < -0.4 is 0 Å². The van der Waals surface area contributed by atoms with Gasteiger partial charge in [0.15, 0.2) is 0 Å². The van der Waals surface area contributed by atoms with Crippen molar-refractivity contribution in [3.8, 4) is 0 Å². The van der Waals surface area contributed by atoms with E-state index in [1.54, 1.807) is 11.3 Å². The van der Waals surface area contributed by atoms with Crippen LogP contribution in [-0.4, -0.2) is 4.57 Å². The SMILES string of the molecule is CC(C)n1ccc2ccsc2c1=S. The van der Waals surface area contributed by atoms with E-state index in [0.717, 1.165) is 4.64 Å². The van der Waals surface area contributed by atoms with Crippen molar-refractivity contribution in [2.75, 3.05) is 0 Å². The number of hydrogen-bond acceptors (Lipinski definition) is 2. The third-order valence-corrected chi connectivity index (χ3v) is 3.58. The van der Waals surface area contributed by atoms with Gasteiger partial charge in [0.1, 0.15) is 4.64 Å². The van der Waals surface area contributed by atoms with Crippen molar-refractivity contribution in [1.82, 2.24) is 4.57 Å². The Labute approximate surface area is 86.6 Å². The molecule has 1 nitrogen and oxygen atoms in total. The zero-order valence-electron chi connectivity index (χ0n) is 7.65. The lowest BCUT2D eigenvalue weighted by molar-refractivity contribution is 0.593. The molecule has 68 valence electrons. The normalized spacial score (nSPS) is 11.3. The van der Waals surface area contributed by atoms with Gasteiger partial charge in [-0.3, -0.25) is 0 Å². The number of thiophene rings is 1. The molecule has 0 amide bonds. The fourth-order valence-electron chi connectivity index (χ4n) is 1.38. The van der Waals surface area contributed by atoms with E-state index in [1.807, 2.05) is 0 Å². The summed E-state index contributed by atoms with van der Waals surface area (Å²) in [6.07, 6.45) is 2.07. The summed E-state index contributed by atoms with van der Waals surface area (Å²) >= 11 is 7.12. The number of nitrogens with zero attached hydrogens (tertiary/aromatic N) is 1. The lowest BCUT2D eigenvalue weighted by Crippen LogP contribution is -2.01. The highest BCUT2D eigenvalue weighted by molar-refractivity contribution is 7.71. The lowest BCUT2D eigenvalue weighted by Gasteiger charge is -2.10. The lowest BCUT2D eigenvalue weighted by atomic mass is 10.3. The topological polar surface area (TPSA) is 4.93 Å². The van der Waals surface area contributed by atoms with Crippen molar-refractivity contribution >= 4 is 33.6 Å². The van der Waals surface area contributed by atoms with Crippen LogP contribution in [0.1, 0.15) is 19.9 Å². The first-order chi connectivity index (χ1) is 6.20. The van der Waals surface area contributed by atoms with Gasteiger partial charge in [-0.2, -0.15) is 0 Å². The van der Waals surface area contributed by atoms with Gasteiger partial charge in [-0.15, -0.1) is 11.3 Å². The van der Waals surface area contributed by atoms with Crippen LogP contribution in [0.5, 0.6) is 0 Å². The molecule has 2 heterocycles. The number of fused-ring (bicyclic) bond motifs is 1. The van der Waals surface area contributed by atoms with Crippen molar-refractivity contribution in [2.45, 2.75) is 19.9 Å². The molecule has 0 atom stereocenters. The molecule has 3 heteroatoms. The predicted octanol–water partition coefficient (Wildman–Crippen LogP) is 4.01. The van der Waals surface area contributed by atoms with Gasteiger partial charge < -0.3 is 4.57 Å². The molecule has 2 aromatic rings. The van der Waals surface area contributed by atoms with Gasteiger partial charge in [0.25, 0.3) is 0 Å². The third-order valence-electron chi connectivity index (χ3n) is 2.10. The van der Waals surface area contributed by atoms with Crippen LogP contribution in [0, 0.1) is 4.64 Å². The highest BCUT2D eigenvalue weighted by Crippen LogP contribution is 2.23. The van der Waals surface area contributed by atoms with Crippen LogP contribution >= 0.6 is 23.6 Å². The second-order valence-electron chi connectivity index (χ2n) is 3.33. The standard InChI is InChI=1S/C10H11NS2/c1-7(2)11-5-3-8-4-6-13-9(8)10(11)12/h3-7H,1-2H3. The molecule has 0 spiro atoms. The predicted molar refractivity (Wildman–Crippen MR) is 61.0 cm³/mol. The Kier molecular flexibility index (Phi) is 2.22. The average Bonchev–Trinajstić information content (AvgIpc) is 2.52. The summed E-state index contributed by atoms with van der Waals surface area (Å²) in [6.45, 7) is 4.30. The van der Waals surface area contributed by atoms with E-state index in [2.05, 4.69) is 42.1 Å². The Morgan fingerprint density at radius 3 is 2.85 bits per heavy atom. The second kappa shape index (κ2) is 3.24. The van der Waals surface area contributed by atoms with Gasteiger partial charge >= 0.3 is 0 Å². The molecule has 0 aliphatic rings. The van der Waals surface area contributed by atoms with E-state index < -0.39 is 0 Å². The van der Waals surface area contributed by atoms with Gasteiger partial charge in [0, 0.05) is 12.2 Å². The molecular weight excluding hydrogens is 198 g/mol. The second-order valence-corrected chi connectivity index (χ2v) is 4.63. The summed E-state index contributed by atoms with van der Waals surface area (Å²) in [4.78, 5) is 0. The summed E-state index contributed by atoms with van der Waals surface area (Å²) in [5.41, 5.74) is 0. The van der Waals surface area contributed by atoms with Crippen molar-refractivity contribution in [1.29, 1.82) is 0 Å². The number of rotatable bonds is 1. The summed E-state index contributed by atoms with van der Waals surface area (Å²) in [6, 6.07) is 4.68. The molecule has 0 saturated heterocycles. The van der Waals surface area contributed by atoms with E-state index in [1.165, 1.54) is 10.1 Å². The minimum absolute atomic E-state index is 0.444. The molecule has 13 heavy (non-hydrogen) atoms. The average molecular weight is 209 g/mol. The number of hydrogen-bond donors (Lipinski definition) is 0. The first-order valence-electron chi connectivity index (χ1n) is 4.28. The summed E-state index contributed by atoms with van der Waals surface area (Å²) in [5, 5.41) is 3.34. The zero-order chi connectivity index (χ0) is 9.42. The first-order valence-corrected chi connectivity index (χ1v) is 5.57. The Hall–Kier alpha value is -0.670. The fraction of sp³-hybridized carbons (Fsp3) is 0.300. The Bertz CT molecular complexity index is 479. The number of pyridine rings is 1. The highest BCUT2D eigenvalue weighted by Gasteiger charge is 2.02. The molecule has 0 radical (unpaired) electrons. The van der Waals surface area contributed by atoms with Crippen molar-refractivity contribution < 1.29 is 0 Å². The molecule has 0 fully saturated rings. The van der Waals surface area contributed by atoms with Gasteiger partial charge in [-0.05, 0) is 36.7 Å². The smallest absolute Gasteiger partial charge is 0.124 e. The molecule has 0 aromatic carbocycles. The molecule has 0 aliphatic carbocycles. The monoisotopic (exact) mass is 209 g/mol. The maximum Gasteiger partial charge on any atom is 0.124 e. The quantitative estimate of drug-likeness (QED) is 0.642. The van der Waals surface area contributed by atoms with E-state index in [9.17, 15) is 0 Å². The van der Waals surface area contributed by atoms with Crippen LogP contribution in [0.3, 0.4) is 0 Å². The molecule has 0 N–H and O–H groups in total. The van der Waals surface area contributed by atoms with Gasteiger partial charge in [0.2, 0.25) is 0 Å². The van der Waals surface area contributed by atoms with Crippen LogP contribution in [-0.2, 0) is 0 Å². The minimum atomic E-state index is 0.444. The Morgan fingerprint density at radius 1 is 1.38 bits per heavy atom. The molecule has 2 rings (SSSR count). The van der Waals surface area contributed by atoms with Gasteiger partial charge in [0.05, 0.1) is 4.70 Å². The molecule has 0 bridgehead atoms. The number of aromatic nitrogens is 1. The minimum Gasteiger partial charge on any atom is -0.336 e. The van der Waals surface area contributed by atoms with E-state index in [0.29, 0.717) is 6.04 Å². The van der Waals surface area contributed by atoms with Crippen molar-refractivity contribution in [3.63, 3.8) is 0 Å². The summed E-state index contributed by atoms with van der Waals surface area (Å²) in [7, 11) is 0. The summed E-state index contributed by atoms with van der Waals surface area (Å²) < 4.78 is 4.32. The van der Waals surface area contributed by atoms with Crippen LogP contribution in [0.15, 0.2) is 23.7 Å². The van der Waals surface area contributed by atoms with Crippen LogP contribution in [0.25, 0.3) is 10.1 Å². The van der Waals surface area contributed by atoms with Crippen LogP contribution in [0.2, 0.25) is 0 Å². The zero-order valence-corrected chi connectivity index (χ0v) is 9.28. The molecule has 0 aliphatic heterocycles. The Balaban J connectivity index is 2.81. The summed E-state index contributed by atoms with van der Waals surface area (Å²) in [5.74, 6) is 0. The molecule has 2 aromatic heterocycles. The third kappa shape index (κ3) is 1.42. The molecule has 0 saturated carbocycles. The van der Waals surface area contributed by atoms with Gasteiger partial charge in [-0.1, -0.05) is 12.2 Å². The maximum atomic E-state index is 5.40.